The number of anilines is 4. The Bertz CT molecular complexity index is 3600. The van der Waals surface area contributed by atoms with Crippen LogP contribution in [-0.2, 0) is 0 Å². The third kappa shape index (κ3) is 4.35. The van der Waals surface area contributed by atoms with Gasteiger partial charge in [0, 0.05) is 65.0 Å². The fourth-order valence-corrected chi connectivity index (χ4v) is 14.5. The molecule has 0 unspecified atom stereocenters. The van der Waals surface area contributed by atoms with Crippen LogP contribution in [0.5, 0.6) is 46.0 Å². The van der Waals surface area contributed by atoms with Gasteiger partial charge in [0.25, 0.3) is 20.1 Å². The first-order valence-electron chi connectivity index (χ1n) is 21.0. The number of benzene rings is 7. The molecule has 0 aliphatic carbocycles. The Morgan fingerprint density at radius 1 is 0.484 bits per heavy atom. The number of thiophene rings is 2. The molecule has 0 radical (unpaired) electrons. The summed E-state index contributed by atoms with van der Waals surface area (Å²) < 4.78 is 35.2. The zero-order valence-electron chi connectivity index (χ0n) is 33.9. The molecule has 9 aromatic rings. The summed E-state index contributed by atoms with van der Waals surface area (Å²) in [5.41, 5.74) is 16.2. The molecule has 2 aromatic heterocycles. The quantitative estimate of drug-likeness (QED) is 0.134. The van der Waals surface area contributed by atoms with Crippen molar-refractivity contribution in [2.45, 2.75) is 20.8 Å². The zero-order chi connectivity index (χ0) is 40.9. The van der Waals surface area contributed by atoms with E-state index in [1.807, 2.05) is 22.7 Å². The number of hydrogen-bond acceptors (Lipinski definition) is 9. The van der Waals surface area contributed by atoms with Gasteiger partial charge in [0.15, 0.2) is 0 Å². The summed E-state index contributed by atoms with van der Waals surface area (Å²) in [5, 5.41) is 6.18. The molecule has 15 rings (SSSR count). The third-order valence-corrected chi connectivity index (χ3v) is 16.9. The molecule has 7 aromatic carbocycles. The fraction of sp³-hybridized carbons (Fsp3) is 0.0800. The van der Waals surface area contributed by atoms with Crippen LogP contribution in [-0.4, -0.2) is 26.4 Å². The lowest BCUT2D eigenvalue weighted by Crippen LogP contribution is -2.63. The standard InChI is InChI=1S/C50H31B3N2O4S3/c1-23-13-33-44-38(15-23)58-47-26-9-5-7-11-42(26)61-49(47)52(44)28-19-30-36(21-32(28)54-33)56-40-17-25(3)18-41-46(40)51(30)31-20-29-34(22-37(31)57-41)55(60-4)35-14-24(2)16-39-45(35)53(29)50-48(59-39)27-10-6-8-12-43(27)62-50/h5-22,54H,1-4H3. The number of nitrogens with zero attached hydrogens (tertiary/aromatic N) is 1. The Morgan fingerprint density at radius 2 is 1.03 bits per heavy atom. The van der Waals surface area contributed by atoms with Crippen molar-refractivity contribution in [2.75, 3.05) is 15.9 Å². The lowest BCUT2D eigenvalue weighted by molar-refractivity contribution is 0.464. The van der Waals surface area contributed by atoms with Gasteiger partial charge in [-0.15, -0.1) is 22.7 Å². The van der Waals surface area contributed by atoms with Crippen molar-refractivity contribution in [2.24, 2.45) is 0 Å². The molecule has 0 fully saturated rings. The highest BCUT2D eigenvalue weighted by molar-refractivity contribution is 8.00. The SMILES string of the molecule is CSN1c2cc3c(cc2B2c4sc5ccccc5c4Oc4cc(C)cc1c42)B1c2cc4c(cc2Oc2cc(C)cc(c21)O3)Nc1cc(C)cc2c1B4c1sc3ccccc3c1O2. The first-order chi connectivity index (χ1) is 30.4. The summed E-state index contributed by atoms with van der Waals surface area (Å²) in [4.78, 5) is 0. The molecule has 8 heterocycles. The summed E-state index contributed by atoms with van der Waals surface area (Å²) in [5.74, 6) is 7.24. The van der Waals surface area contributed by atoms with Crippen LogP contribution < -0.4 is 76.4 Å². The molecule has 0 bridgehead atoms. The van der Waals surface area contributed by atoms with Gasteiger partial charge in [-0.3, -0.25) is 4.31 Å². The van der Waals surface area contributed by atoms with E-state index in [9.17, 15) is 0 Å². The van der Waals surface area contributed by atoms with E-state index in [2.05, 4.69) is 146 Å². The summed E-state index contributed by atoms with van der Waals surface area (Å²) in [6, 6.07) is 40.1. The number of rotatable bonds is 1. The Morgan fingerprint density at radius 3 is 1.69 bits per heavy atom. The second kappa shape index (κ2) is 11.8. The van der Waals surface area contributed by atoms with Gasteiger partial charge >= 0.3 is 0 Å². The lowest BCUT2D eigenvalue weighted by atomic mass is 9.31. The number of hydrogen-bond donors (Lipinski definition) is 1. The second-order valence-corrected chi connectivity index (χ2v) is 20.3. The predicted molar refractivity (Wildman–Crippen MR) is 263 cm³/mol. The Hall–Kier alpha value is -6.20. The average molecular weight is 852 g/mol. The van der Waals surface area contributed by atoms with Gasteiger partial charge < -0.3 is 24.3 Å². The Kier molecular flexibility index (Phi) is 6.56. The van der Waals surface area contributed by atoms with Gasteiger partial charge in [-0.2, -0.15) is 0 Å². The summed E-state index contributed by atoms with van der Waals surface area (Å²) in [6.07, 6.45) is 2.16. The second-order valence-electron chi connectivity index (χ2n) is 17.4. The predicted octanol–water partition coefficient (Wildman–Crippen LogP) is 7.80. The number of ether oxygens (including phenoxy) is 4. The monoisotopic (exact) mass is 852 g/mol. The average Bonchev–Trinajstić information content (AvgIpc) is 3.83. The van der Waals surface area contributed by atoms with Gasteiger partial charge in [-0.1, -0.05) is 36.4 Å². The van der Waals surface area contributed by atoms with Gasteiger partial charge in [0.2, 0.25) is 0 Å². The number of aryl methyl sites for hydroxylation is 3. The molecule has 0 atom stereocenters. The Balaban J connectivity index is 0.986. The van der Waals surface area contributed by atoms with Crippen LogP contribution in [0.25, 0.3) is 20.2 Å². The van der Waals surface area contributed by atoms with Crippen molar-refractivity contribution < 1.29 is 18.9 Å². The fourth-order valence-electron chi connectivity index (χ4n) is 11.3. The summed E-state index contributed by atoms with van der Waals surface area (Å²) in [7, 11) is 0. The van der Waals surface area contributed by atoms with E-state index in [0.717, 1.165) is 101 Å². The van der Waals surface area contributed by atoms with Crippen molar-refractivity contribution in [1.82, 2.24) is 0 Å². The van der Waals surface area contributed by atoms with Crippen LogP contribution >= 0.6 is 34.6 Å². The molecule has 6 aliphatic rings. The molecule has 12 heteroatoms. The highest BCUT2D eigenvalue weighted by Gasteiger charge is 2.49. The maximum atomic E-state index is 7.07. The first kappa shape index (κ1) is 34.4. The molecule has 0 saturated carbocycles. The van der Waals surface area contributed by atoms with Crippen LogP contribution in [0.1, 0.15) is 16.7 Å². The van der Waals surface area contributed by atoms with Gasteiger partial charge in [-0.25, -0.2) is 0 Å². The van der Waals surface area contributed by atoms with Crippen molar-refractivity contribution in [3.05, 3.63) is 126 Å². The Labute approximate surface area is 370 Å². The van der Waals surface area contributed by atoms with E-state index in [1.54, 1.807) is 11.9 Å². The van der Waals surface area contributed by atoms with Crippen molar-refractivity contribution in [1.29, 1.82) is 0 Å². The largest absolute Gasteiger partial charge is 0.458 e. The minimum Gasteiger partial charge on any atom is -0.458 e. The molecular formula is C50H31B3N2O4S3. The zero-order valence-corrected chi connectivity index (χ0v) is 36.4. The van der Waals surface area contributed by atoms with Gasteiger partial charge in [0.1, 0.15) is 46.0 Å². The van der Waals surface area contributed by atoms with Crippen LogP contribution in [0.15, 0.2) is 109 Å². The molecule has 292 valence electrons. The molecular weight excluding hydrogens is 821 g/mol. The summed E-state index contributed by atoms with van der Waals surface area (Å²) >= 11 is 5.41. The molecule has 6 aliphatic heterocycles. The maximum Gasteiger partial charge on any atom is 0.268 e. The smallest absolute Gasteiger partial charge is 0.268 e. The molecule has 6 nitrogen and oxygen atoms in total. The van der Waals surface area contributed by atoms with E-state index in [-0.39, 0.29) is 20.1 Å². The van der Waals surface area contributed by atoms with Crippen LogP contribution in [0.3, 0.4) is 0 Å². The minimum atomic E-state index is -0.132. The highest BCUT2D eigenvalue weighted by Crippen LogP contribution is 2.46. The van der Waals surface area contributed by atoms with Crippen LogP contribution in [0.2, 0.25) is 0 Å². The normalized spacial score (nSPS) is 14.7. The first-order valence-corrected chi connectivity index (χ1v) is 23.8. The molecule has 0 saturated heterocycles. The van der Waals surface area contributed by atoms with Gasteiger partial charge in [-0.05, 0) is 143 Å². The van der Waals surface area contributed by atoms with Gasteiger partial charge in [0.05, 0.1) is 11.4 Å². The molecule has 1 N–H and O–H groups in total. The van der Waals surface area contributed by atoms with E-state index in [1.165, 1.54) is 52.1 Å². The minimum absolute atomic E-state index is 0.00725. The van der Waals surface area contributed by atoms with E-state index in [0.29, 0.717) is 0 Å². The number of nitrogens with one attached hydrogen (secondary N) is 1. The van der Waals surface area contributed by atoms with Crippen LogP contribution in [0, 0.1) is 20.8 Å². The highest BCUT2D eigenvalue weighted by atomic mass is 32.2. The topological polar surface area (TPSA) is 52.2 Å². The molecule has 62 heavy (non-hydrogen) atoms. The molecule has 0 spiro atoms. The van der Waals surface area contributed by atoms with Crippen molar-refractivity contribution in [3.8, 4) is 46.0 Å². The van der Waals surface area contributed by atoms with E-state index >= 15 is 0 Å². The van der Waals surface area contributed by atoms with E-state index < -0.39 is 0 Å². The number of fused-ring (bicyclic) bond motifs is 16. The van der Waals surface area contributed by atoms with Crippen molar-refractivity contribution in [3.63, 3.8) is 0 Å². The van der Waals surface area contributed by atoms with Crippen molar-refractivity contribution >= 4 is 145 Å². The maximum absolute atomic E-state index is 7.07. The third-order valence-electron chi connectivity index (χ3n) is 13.7. The van der Waals surface area contributed by atoms with E-state index in [4.69, 9.17) is 18.9 Å². The van der Waals surface area contributed by atoms with Crippen LogP contribution in [0.4, 0.5) is 22.7 Å². The summed E-state index contributed by atoms with van der Waals surface area (Å²) in [6.45, 7) is 6.28. The lowest BCUT2D eigenvalue weighted by Gasteiger charge is -2.40. The molecule has 0 amide bonds.